The Kier molecular flexibility index (Phi) is 6.52. The molecule has 100 valence electrons. The number of carbonyl (C=O) groups excluding carboxylic acids is 1. The molecule has 1 unspecified atom stereocenters. The van der Waals surface area contributed by atoms with Crippen molar-refractivity contribution in [3.63, 3.8) is 0 Å². The molecule has 0 spiro atoms. The minimum atomic E-state index is 0.114. The Morgan fingerprint density at radius 3 is 2.71 bits per heavy atom. The van der Waals surface area contributed by atoms with Crippen molar-refractivity contribution in [1.82, 2.24) is 4.90 Å². The average molecular weight is 242 g/mol. The summed E-state index contributed by atoms with van der Waals surface area (Å²) in [5, 5.41) is 0. The second kappa shape index (κ2) is 7.67. The van der Waals surface area contributed by atoms with Crippen molar-refractivity contribution in [1.29, 1.82) is 0 Å². The minimum Gasteiger partial charge on any atom is -0.381 e. The van der Waals surface area contributed by atoms with Gasteiger partial charge in [0.05, 0.1) is 0 Å². The third kappa shape index (κ3) is 6.03. The number of rotatable bonds is 6. The summed E-state index contributed by atoms with van der Waals surface area (Å²) in [6, 6.07) is 0.114. The molecule has 1 fully saturated rings. The summed E-state index contributed by atoms with van der Waals surface area (Å²) in [6.07, 6.45) is 4.73. The summed E-state index contributed by atoms with van der Waals surface area (Å²) in [4.78, 5) is 13.6. The van der Waals surface area contributed by atoms with E-state index in [0.29, 0.717) is 6.42 Å². The molecule has 0 aromatic carbocycles. The van der Waals surface area contributed by atoms with Crippen molar-refractivity contribution in [2.75, 3.05) is 26.8 Å². The molecular formula is C13H26N2O2. The van der Waals surface area contributed by atoms with Gasteiger partial charge < -0.3 is 15.4 Å². The number of nitrogens with zero attached hydrogens (tertiary/aromatic N) is 1. The molecule has 4 heteroatoms. The van der Waals surface area contributed by atoms with E-state index in [4.69, 9.17) is 10.5 Å². The Morgan fingerprint density at radius 2 is 2.12 bits per heavy atom. The fourth-order valence-corrected chi connectivity index (χ4v) is 2.08. The van der Waals surface area contributed by atoms with Gasteiger partial charge in [-0.1, -0.05) is 0 Å². The molecular weight excluding hydrogens is 216 g/mol. The van der Waals surface area contributed by atoms with Gasteiger partial charge >= 0.3 is 0 Å². The SMILES string of the molecule is CC(N)CCC(=O)N(C)CCC1CCOCC1. The summed E-state index contributed by atoms with van der Waals surface area (Å²) >= 11 is 0. The van der Waals surface area contributed by atoms with E-state index in [9.17, 15) is 4.79 Å². The fourth-order valence-electron chi connectivity index (χ4n) is 2.08. The maximum atomic E-state index is 11.8. The van der Waals surface area contributed by atoms with E-state index < -0.39 is 0 Å². The van der Waals surface area contributed by atoms with Crippen LogP contribution in [-0.4, -0.2) is 43.7 Å². The van der Waals surface area contributed by atoms with Crippen LogP contribution in [0.25, 0.3) is 0 Å². The quantitative estimate of drug-likeness (QED) is 0.765. The van der Waals surface area contributed by atoms with E-state index in [1.54, 1.807) is 0 Å². The second-order valence-electron chi connectivity index (χ2n) is 5.18. The fraction of sp³-hybridized carbons (Fsp3) is 0.923. The Bertz CT molecular complexity index is 225. The van der Waals surface area contributed by atoms with Crippen LogP contribution in [0, 0.1) is 5.92 Å². The van der Waals surface area contributed by atoms with Crippen molar-refractivity contribution >= 4 is 5.91 Å². The first-order valence-electron chi connectivity index (χ1n) is 6.67. The van der Waals surface area contributed by atoms with Crippen molar-refractivity contribution in [3.8, 4) is 0 Å². The second-order valence-corrected chi connectivity index (χ2v) is 5.18. The van der Waals surface area contributed by atoms with Crippen molar-refractivity contribution < 1.29 is 9.53 Å². The van der Waals surface area contributed by atoms with Crippen molar-refractivity contribution in [2.24, 2.45) is 11.7 Å². The standard InChI is InChI=1S/C13H26N2O2/c1-11(14)3-4-13(16)15(2)8-5-12-6-9-17-10-7-12/h11-12H,3-10,14H2,1-2H3. The number of carbonyl (C=O) groups is 1. The zero-order valence-electron chi connectivity index (χ0n) is 11.2. The molecule has 0 radical (unpaired) electrons. The molecule has 1 rings (SSSR count). The highest BCUT2D eigenvalue weighted by atomic mass is 16.5. The van der Waals surface area contributed by atoms with E-state index in [2.05, 4.69) is 0 Å². The van der Waals surface area contributed by atoms with Gasteiger partial charge in [0.1, 0.15) is 0 Å². The Hall–Kier alpha value is -0.610. The van der Waals surface area contributed by atoms with Gasteiger partial charge in [-0.15, -0.1) is 0 Å². The average Bonchev–Trinajstić information content (AvgIpc) is 2.34. The first-order chi connectivity index (χ1) is 8.09. The van der Waals surface area contributed by atoms with Crippen LogP contribution in [0.1, 0.15) is 39.0 Å². The molecule has 2 N–H and O–H groups in total. The number of hydrogen-bond acceptors (Lipinski definition) is 3. The van der Waals surface area contributed by atoms with Gasteiger partial charge in [-0.25, -0.2) is 0 Å². The van der Waals surface area contributed by atoms with Gasteiger partial charge in [0.15, 0.2) is 0 Å². The van der Waals surface area contributed by atoms with Gasteiger partial charge in [0.25, 0.3) is 0 Å². The third-order valence-electron chi connectivity index (χ3n) is 3.45. The largest absolute Gasteiger partial charge is 0.381 e. The molecule has 1 aliphatic rings. The lowest BCUT2D eigenvalue weighted by molar-refractivity contribution is -0.130. The number of amides is 1. The van der Waals surface area contributed by atoms with Crippen LogP contribution in [0.2, 0.25) is 0 Å². The molecule has 0 aromatic rings. The monoisotopic (exact) mass is 242 g/mol. The van der Waals surface area contributed by atoms with Crippen molar-refractivity contribution in [2.45, 2.75) is 45.1 Å². The van der Waals surface area contributed by atoms with Gasteiger partial charge in [-0.3, -0.25) is 4.79 Å². The minimum absolute atomic E-state index is 0.114. The van der Waals surface area contributed by atoms with Crippen molar-refractivity contribution in [3.05, 3.63) is 0 Å². The van der Waals surface area contributed by atoms with Crippen LogP contribution >= 0.6 is 0 Å². The lowest BCUT2D eigenvalue weighted by Gasteiger charge is -2.25. The predicted molar refractivity (Wildman–Crippen MR) is 68.7 cm³/mol. The maximum absolute atomic E-state index is 11.8. The molecule has 17 heavy (non-hydrogen) atoms. The Balaban J connectivity index is 2.14. The van der Waals surface area contributed by atoms with Crippen LogP contribution in [0.4, 0.5) is 0 Å². The van der Waals surface area contributed by atoms with Crippen LogP contribution < -0.4 is 5.73 Å². The molecule has 1 atom stereocenters. The molecule has 1 heterocycles. The van der Waals surface area contributed by atoms with Crippen LogP contribution in [-0.2, 0) is 9.53 Å². The van der Waals surface area contributed by atoms with Gasteiger partial charge in [0, 0.05) is 39.3 Å². The molecule has 1 amide bonds. The molecule has 0 saturated carbocycles. The zero-order chi connectivity index (χ0) is 12.7. The van der Waals surface area contributed by atoms with Gasteiger partial charge in [0.2, 0.25) is 5.91 Å². The molecule has 0 bridgehead atoms. The van der Waals surface area contributed by atoms with Gasteiger partial charge in [-0.2, -0.15) is 0 Å². The highest BCUT2D eigenvalue weighted by Gasteiger charge is 2.16. The zero-order valence-corrected chi connectivity index (χ0v) is 11.2. The number of hydrogen-bond donors (Lipinski definition) is 1. The highest BCUT2D eigenvalue weighted by molar-refractivity contribution is 5.75. The summed E-state index contributed by atoms with van der Waals surface area (Å²) < 4.78 is 5.32. The molecule has 4 nitrogen and oxygen atoms in total. The topological polar surface area (TPSA) is 55.6 Å². The van der Waals surface area contributed by atoms with E-state index in [0.717, 1.165) is 51.4 Å². The number of ether oxygens (including phenoxy) is 1. The van der Waals surface area contributed by atoms with E-state index >= 15 is 0 Å². The first kappa shape index (κ1) is 14.5. The van der Waals surface area contributed by atoms with E-state index in [-0.39, 0.29) is 11.9 Å². The Morgan fingerprint density at radius 1 is 1.47 bits per heavy atom. The Labute approximate surface area is 104 Å². The van der Waals surface area contributed by atoms with Gasteiger partial charge in [-0.05, 0) is 38.5 Å². The predicted octanol–water partition coefficient (Wildman–Crippen LogP) is 1.39. The summed E-state index contributed by atoms with van der Waals surface area (Å²) in [5.41, 5.74) is 5.65. The maximum Gasteiger partial charge on any atom is 0.222 e. The first-order valence-corrected chi connectivity index (χ1v) is 6.67. The van der Waals surface area contributed by atoms with E-state index in [1.165, 1.54) is 0 Å². The van der Waals surface area contributed by atoms with Crippen LogP contribution in [0.15, 0.2) is 0 Å². The summed E-state index contributed by atoms with van der Waals surface area (Å²) in [6.45, 7) is 4.57. The summed E-state index contributed by atoms with van der Waals surface area (Å²) in [5.74, 6) is 0.946. The lowest BCUT2D eigenvalue weighted by atomic mass is 9.96. The highest BCUT2D eigenvalue weighted by Crippen LogP contribution is 2.18. The molecule has 0 aliphatic carbocycles. The number of nitrogens with two attached hydrogens (primary N) is 1. The van der Waals surface area contributed by atoms with E-state index in [1.807, 2.05) is 18.9 Å². The summed E-state index contributed by atoms with van der Waals surface area (Å²) in [7, 11) is 1.89. The normalized spacial score (nSPS) is 19.0. The third-order valence-corrected chi connectivity index (χ3v) is 3.45. The smallest absolute Gasteiger partial charge is 0.222 e. The molecule has 1 saturated heterocycles. The van der Waals surface area contributed by atoms with Crippen LogP contribution in [0.3, 0.4) is 0 Å². The molecule has 1 aliphatic heterocycles. The lowest BCUT2D eigenvalue weighted by Crippen LogP contribution is -2.31. The molecule has 0 aromatic heterocycles. The van der Waals surface area contributed by atoms with Crippen LogP contribution in [0.5, 0.6) is 0 Å².